The van der Waals surface area contributed by atoms with Crippen molar-refractivity contribution in [3.8, 4) is 0 Å². The van der Waals surface area contributed by atoms with Crippen molar-refractivity contribution in [2.45, 2.75) is 12.8 Å². The summed E-state index contributed by atoms with van der Waals surface area (Å²) in [5, 5.41) is 5.92. The van der Waals surface area contributed by atoms with Crippen LogP contribution in [0.1, 0.15) is 23.2 Å². The van der Waals surface area contributed by atoms with E-state index in [-0.39, 0.29) is 5.91 Å². The SMILES string of the molecule is CNc1ccc(C(=O)NCCCCOCCOC)cc1. The molecule has 0 unspecified atom stereocenters. The molecule has 0 aliphatic rings. The number of methoxy groups -OCH3 is 1. The molecule has 112 valence electrons. The van der Waals surface area contributed by atoms with Gasteiger partial charge in [0.1, 0.15) is 0 Å². The Balaban J connectivity index is 2.10. The number of amides is 1. The van der Waals surface area contributed by atoms with Gasteiger partial charge >= 0.3 is 0 Å². The van der Waals surface area contributed by atoms with Gasteiger partial charge in [-0.1, -0.05) is 0 Å². The molecule has 0 atom stereocenters. The van der Waals surface area contributed by atoms with Crippen molar-refractivity contribution in [1.82, 2.24) is 5.32 Å². The molecule has 20 heavy (non-hydrogen) atoms. The zero-order chi connectivity index (χ0) is 14.6. The largest absolute Gasteiger partial charge is 0.388 e. The van der Waals surface area contributed by atoms with Crippen LogP contribution < -0.4 is 10.6 Å². The van der Waals surface area contributed by atoms with Gasteiger partial charge in [0, 0.05) is 38.6 Å². The van der Waals surface area contributed by atoms with E-state index < -0.39 is 0 Å². The minimum absolute atomic E-state index is 0.0343. The fraction of sp³-hybridized carbons (Fsp3) is 0.533. The summed E-state index contributed by atoms with van der Waals surface area (Å²) in [5.41, 5.74) is 1.68. The van der Waals surface area contributed by atoms with Crippen molar-refractivity contribution in [3.05, 3.63) is 29.8 Å². The van der Waals surface area contributed by atoms with Crippen LogP contribution in [0.15, 0.2) is 24.3 Å². The second-order valence-electron chi connectivity index (χ2n) is 4.40. The molecule has 0 aliphatic heterocycles. The standard InChI is InChI=1S/C15H24N2O3/c1-16-14-7-5-13(6-8-14)15(18)17-9-3-4-10-20-12-11-19-2/h5-8,16H,3-4,9-12H2,1-2H3,(H,17,18). The van der Waals surface area contributed by atoms with E-state index >= 15 is 0 Å². The first kappa shape index (κ1) is 16.5. The normalized spacial score (nSPS) is 10.3. The van der Waals surface area contributed by atoms with Crippen molar-refractivity contribution in [2.75, 3.05) is 45.8 Å². The third-order valence-corrected chi connectivity index (χ3v) is 2.87. The molecule has 0 aromatic heterocycles. The maximum absolute atomic E-state index is 11.8. The Morgan fingerprint density at radius 2 is 1.85 bits per heavy atom. The van der Waals surface area contributed by atoms with E-state index in [1.54, 1.807) is 7.11 Å². The van der Waals surface area contributed by atoms with Gasteiger partial charge in [-0.2, -0.15) is 0 Å². The highest BCUT2D eigenvalue weighted by Crippen LogP contribution is 2.08. The molecule has 1 amide bonds. The predicted molar refractivity (Wildman–Crippen MR) is 80.3 cm³/mol. The quantitative estimate of drug-likeness (QED) is 0.643. The van der Waals surface area contributed by atoms with Crippen LogP contribution in [0.4, 0.5) is 5.69 Å². The van der Waals surface area contributed by atoms with Gasteiger partial charge in [0.15, 0.2) is 0 Å². The number of hydrogen-bond acceptors (Lipinski definition) is 4. The van der Waals surface area contributed by atoms with Crippen LogP contribution in [0.3, 0.4) is 0 Å². The molecule has 0 radical (unpaired) electrons. The first-order chi connectivity index (χ1) is 9.77. The molecule has 1 aromatic carbocycles. The third-order valence-electron chi connectivity index (χ3n) is 2.87. The van der Waals surface area contributed by atoms with Gasteiger partial charge in [0.25, 0.3) is 5.91 Å². The van der Waals surface area contributed by atoms with Crippen LogP contribution in [0, 0.1) is 0 Å². The topological polar surface area (TPSA) is 59.6 Å². The van der Waals surface area contributed by atoms with Crippen LogP contribution in [0.2, 0.25) is 0 Å². The summed E-state index contributed by atoms with van der Waals surface area (Å²) in [6, 6.07) is 7.40. The van der Waals surface area contributed by atoms with Crippen LogP contribution >= 0.6 is 0 Å². The maximum Gasteiger partial charge on any atom is 0.251 e. The molecule has 1 aromatic rings. The molecule has 1 rings (SSSR count). The number of ether oxygens (including phenoxy) is 2. The Morgan fingerprint density at radius 1 is 1.10 bits per heavy atom. The van der Waals surface area contributed by atoms with Gasteiger partial charge in [0.2, 0.25) is 0 Å². The van der Waals surface area contributed by atoms with Crippen LogP contribution in [-0.2, 0) is 9.47 Å². The lowest BCUT2D eigenvalue weighted by molar-refractivity contribution is 0.0686. The third kappa shape index (κ3) is 6.54. The van der Waals surface area contributed by atoms with Crippen molar-refractivity contribution in [1.29, 1.82) is 0 Å². The van der Waals surface area contributed by atoms with E-state index in [0.29, 0.717) is 31.9 Å². The smallest absolute Gasteiger partial charge is 0.251 e. The van der Waals surface area contributed by atoms with Gasteiger partial charge in [-0.25, -0.2) is 0 Å². The summed E-state index contributed by atoms with van der Waals surface area (Å²) >= 11 is 0. The number of unbranched alkanes of at least 4 members (excludes halogenated alkanes) is 1. The Hall–Kier alpha value is -1.59. The molecule has 0 heterocycles. The van der Waals surface area contributed by atoms with E-state index in [1.807, 2.05) is 31.3 Å². The highest BCUT2D eigenvalue weighted by atomic mass is 16.5. The summed E-state index contributed by atoms with van der Waals surface area (Å²) in [7, 11) is 3.51. The second kappa shape index (κ2) is 10.2. The van der Waals surface area contributed by atoms with Gasteiger partial charge in [-0.3, -0.25) is 4.79 Å². The Labute approximate surface area is 120 Å². The lowest BCUT2D eigenvalue weighted by Gasteiger charge is -2.07. The number of anilines is 1. The molecule has 0 saturated carbocycles. The molecule has 0 fully saturated rings. The highest BCUT2D eigenvalue weighted by Gasteiger charge is 2.03. The molecule has 0 bridgehead atoms. The average Bonchev–Trinajstić information content (AvgIpc) is 2.50. The van der Waals surface area contributed by atoms with Crippen molar-refractivity contribution < 1.29 is 14.3 Å². The van der Waals surface area contributed by atoms with Crippen molar-refractivity contribution in [2.24, 2.45) is 0 Å². The lowest BCUT2D eigenvalue weighted by atomic mass is 10.2. The molecule has 0 aliphatic carbocycles. The summed E-state index contributed by atoms with van der Waals surface area (Å²) in [6.07, 6.45) is 1.84. The Kier molecular flexibility index (Phi) is 8.42. The molecule has 5 heteroatoms. The lowest BCUT2D eigenvalue weighted by Crippen LogP contribution is -2.24. The monoisotopic (exact) mass is 280 g/mol. The average molecular weight is 280 g/mol. The van der Waals surface area contributed by atoms with E-state index in [4.69, 9.17) is 9.47 Å². The Bertz CT molecular complexity index is 379. The fourth-order valence-corrected chi connectivity index (χ4v) is 1.67. The van der Waals surface area contributed by atoms with E-state index in [1.165, 1.54) is 0 Å². The first-order valence-corrected chi connectivity index (χ1v) is 6.90. The predicted octanol–water partition coefficient (Wildman–Crippen LogP) is 1.90. The van der Waals surface area contributed by atoms with Crippen LogP contribution in [0.25, 0.3) is 0 Å². The van der Waals surface area contributed by atoms with Crippen molar-refractivity contribution in [3.63, 3.8) is 0 Å². The summed E-state index contributed by atoms with van der Waals surface area (Å²) in [5.74, 6) is -0.0343. The van der Waals surface area contributed by atoms with Crippen LogP contribution in [-0.4, -0.2) is 46.4 Å². The summed E-state index contributed by atoms with van der Waals surface area (Å²) in [6.45, 7) is 2.62. The maximum atomic E-state index is 11.8. The first-order valence-electron chi connectivity index (χ1n) is 6.90. The minimum atomic E-state index is -0.0343. The number of carbonyl (C=O) groups excluding carboxylic acids is 1. The molecule has 5 nitrogen and oxygen atoms in total. The molecular weight excluding hydrogens is 256 g/mol. The van der Waals surface area contributed by atoms with E-state index in [0.717, 1.165) is 18.5 Å². The molecular formula is C15H24N2O3. The van der Waals surface area contributed by atoms with Crippen molar-refractivity contribution >= 4 is 11.6 Å². The minimum Gasteiger partial charge on any atom is -0.388 e. The van der Waals surface area contributed by atoms with Gasteiger partial charge in [-0.05, 0) is 37.1 Å². The highest BCUT2D eigenvalue weighted by molar-refractivity contribution is 5.94. The van der Waals surface area contributed by atoms with Gasteiger partial charge in [0.05, 0.1) is 13.2 Å². The summed E-state index contributed by atoms with van der Waals surface area (Å²) < 4.78 is 10.2. The zero-order valence-electron chi connectivity index (χ0n) is 12.3. The fourth-order valence-electron chi connectivity index (χ4n) is 1.67. The van der Waals surface area contributed by atoms with Crippen LogP contribution in [0.5, 0.6) is 0 Å². The second-order valence-corrected chi connectivity index (χ2v) is 4.40. The molecule has 0 saturated heterocycles. The van der Waals surface area contributed by atoms with Gasteiger partial charge in [-0.15, -0.1) is 0 Å². The summed E-state index contributed by atoms with van der Waals surface area (Å²) in [4.78, 5) is 11.8. The number of hydrogen-bond donors (Lipinski definition) is 2. The van der Waals surface area contributed by atoms with E-state index in [9.17, 15) is 4.79 Å². The van der Waals surface area contributed by atoms with Gasteiger partial charge < -0.3 is 20.1 Å². The zero-order valence-corrected chi connectivity index (χ0v) is 12.3. The van der Waals surface area contributed by atoms with E-state index in [2.05, 4.69) is 10.6 Å². The number of rotatable bonds is 10. The number of carbonyl (C=O) groups is 1. The molecule has 0 spiro atoms. The Morgan fingerprint density at radius 3 is 2.50 bits per heavy atom. The molecule has 2 N–H and O–H groups in total. The number of benzene rings is 1. The number of nitrogens with one attached hydrogen (secondary N) is 2.